The summed E-state index contributed by atoms with van der Waals surface area (Å²) in [4.78, 5) is 2.48. The van der Waals surface area contributed by atoms with Crippen molar-refractivity contribution >= 4 is 10.8 Å². The van der Waals surface area contributed by atoms with Crippen molar-refractivity contribution in [2.45, 2.75) is 39.9 Å². The normalized spacial score (nSPS) is 17.4. The molecule has 1 atom stereocenters. The van der Waals surface area contributed by atoms with Gasteiger partial charge in [0.25, 0.3) is 0 Å². The van der Waals surface area contributed by atoms with Gasteiger partial charge in [-0.05, 0) is 27.3 Å². The SMILES string of the molecule is CC(C)(C)[C@H](N)CN1Cc2cccc3cccc(c23)C1. The largest absolute Gasteiger partial charge is 0.326 e. The van der Waals surface area contributed by atoms with Crippen molar-refractivity contribution in [1.82, 2.24) is 4.90 Å². The highest BCUT2D eigenvalue weighted by Gasteiger charge is 2.25. The van der Waals surface area contributed by atoms with Gasteiger partial charge in [0.15, 0.2) is 0 Å². The van der Waals surface area contributed by atoms with Crippen LogP contribution in [-0.2, 0) is 13.1 Å². The molecule has 0 aromatic heterocycles. The molecule has 1 aliphatic heterocycles. The minimum atomic E-state index is 0.156. The molecule has 0 saturated heterocycles. The molecule has 2 heteroatoms. The number of hydrogen-bond acceptors (Lipinski definition) is 2. The molecule has 0 spiro atoms. The molecule has 1 heterocycles. The van der Waals surface area contributed by atoms with E-state index in [0.29, 0.717) is 0 Å². The lowest BCUT2D eigenvalue weighted by Crippen LogP contribution is -2.45. The summed E-state index contributed by atoms with van der Waals surface area (Å²) in [5.41, 5.74) is 9.38. The van der Waals surface area contributed by atoms with Gasteiger partial charge in [0.05, 0.1) is 0 Å². The van der Waals surface area contributed by atoms with Gasteiger partial charge in [0, 0.05) is 25.7 Å². The summed E-state index contributed by atoms with van der Waals surface area (Å²) in [5, 5.41) is 2.82. The molecular formula is C18H24N2. The van der Waals surface area contributed by atoms with Gasteiger partial charge in [0.2, 0.25) is 0 Å². The Morgan fingerprint density at radius 1 is 1.05 bits per heavy atom. The van der Waals surface area contributed by atoms with E-state index in [1.165, 1.54) is 21.9 Å². The summed E-state index contributed by atoms with van der Waals surface area (Å²) in [6.45, 7) is 9.63. The zero-order chi connectivity index (χ0) is 14.3. The topological polar surface area (TPSA) is 29.3 Å². The Morgan fingerprint density at radius 2 is 1.60 bits per heavy atom. The molecule has 0 aliphatic carbocycles. The monoisotopic (exact) mass is 268 g/mol. The number of nitrogens with two attached hydrogens (primary N) is 1. The van der Waals surface area contributed by atoms with Crippen LogP contribution < -0.4 is 5.73 Å². The molecule has 0 unspecified atom stereocenters. The van der Waals surface area contributed by atoms with E-state index in [2.05, 4.69) is 62.1 Å². The smallest absolute Gasteiger partial charge is 0.0244 e. The van der Waals surface area contributed by atoms with Gasteiger partial charge in [-0.25, -0.2) is 0 Å². The second-order valence-corrected chi connectivity index (χ2v) is 7.07. The maximum Gasteiger partial charge on any atom is 0.0244 e. The van der Waals surface area contributed by atoms with Crippen molar-refractivity contribution in [3.8, 4) is 0 Å². The average molecular weight is 268 g/mol. The van der Waals surface area contributed by atoms with Crippen molar-refractivity contribution in [1.29, 1.82) is 0 Å². The summed E-state index contributed by atoms with van der Waals surface area (Å²) in [5.74, 6) is 0. The molecule has 0 amide bonds. The maximum atomic E-state index is 6.36. The first-order valence-corrected chi connectivity index (χ1v) is 7.42. The molecular weight excluding hydrogens is 244 g/mol. The Kier molecular flexibility index (Phi) is 3.31. The minimum Gasteiger partial charge on any atom is -0.326 e. The van der Waals surface area contributed by atoms with Gasteiger partial charge in [-0.2, -0.15) is 0 Å². The molecule has 2 aromatic carbocycles. The van der Waals surface area contributed by atoms with E-state index in [1.807, 2.05) is 0 Å². The third-order valence-corrected chi connectivity index (χ3v) is 4.43. The van der Waals surface area contributed by atoms with Crippen LogP contribution in [0, 0.1) is 5.41 Å². The summed E-state index contributed by atoms with van der Waals surface area (Å²) >= 11 is 0. The molecule has 3 rings (SSSR count). The summed E-state index contributed by atoms with van der Waals surface area (Å²) in [6, 6.07) is 13.4. The van der Waals surface area contributed by atoms with Gasteiger partial charge in [-0.15, -0.1) is 0 Å². The van der Waals surface area contributed by atoms with Crippen molar-refractivity contribution in [3.05, 3.63) is 47.5 Å². The molecule has 106 valence electrons. The van der Waals surface area contributed by atoms with Crippen LogP contribution in [0.25, 0.3) is 10.8 Å². The average Bonchev–Trinajstić information content (AvgIpc) is 2.38. The van der Waals surface area contributed by atoms with Crippen LogP contribution in [-0.4, -0.2) is 17.5 Å². The number of nitrogens with zero attached hydrogens (tertiary/aromatic N) is 1. The fourth-order valence-electron chi connectivity index (χ4n) is 2.98. The lowest BCUT2D eigenvalue weighted by atomic mass is 9.86. The Morgan fingerprint density at radius 3 is 2.10 bits per heavy atom. The first-order valence-electron chi connectivity index (χ1n) is 7.42. The maximum absolute atomic E-state index is 6.36. The van der Waals surface area contributed by atoms with E-state index in [9.17, 15) is 0 Å². The fourth-order valence-corrected chi connectivity index (χ4v) is 2.98. The second-order valence-electron chi connectivity index (χ2n) is 7.07. The van der Waals surface area contributed by atoms with E-state index in [0.717, 1.165) is 19.6 Å². The van der Waals surface area contributed by atoms with Crippen molar-refractivity contribution in [2.24, 2.45) is 11.1 Å². The van der Waals surface area contributed by atoms with Crippen LogP contribution in [0.4, 0.5) is 0 Å². The molecule has 2 N–H and O–H groups in total. The molecule has 20 heavy (non-hydrogen) atoms. The summed E-state index contributed by atoms with van der Waals surface area (Å²) < 4.78 is 0. The highest BCUT2D eigenvalue weighted by atomic mass is 15.1. The third kappa shape index (κ3) is 2.46. The first-order chi connectivity index (χ1) is 9.45. The van der Waals surface area contributed by atoms with Crippen LogP contribution in [0.1, 0.15) is 31.9 Å². The quantitative estimate of drug-likeness (QED) is 0.903. The zero-order valence-corrected chi connectivity index (χ0v) is 12.7. The van der Waals surface area contributed by atoms with E-state index in [1.54, 1.807) is 0 Å². The number of benzene rings is 2. The van der Waals surface area contributed by atoms with E-state index < -0.39 is 0 Å². The minimum absolute atomic E-state index is 0.156. The number of rotatable bonds is 2. The van der Waals surface area contributed by atoms with Crippen LogP contribution in [0.5, 0.6) is 0 Å². The van der Waals surface area contributed by atoms with Crippen molar-refractivity contribution in [2.75, 3.05) is 6.54 Å². The van der Waals surface area contributed by atoms with Crippen molar-refractivity contribution in [3.63, 3.8) is 0 Å². The Balaban J connectivity index is 1.88. The van der Waals surface area contributed by atoms with Gasteiger partial charge in [-0.1, -0.05) is 57.2 Å². The molecule has 1 aliphatic rings. The Bertz CT molecular complexity index is 584. The van der Waals surface area contributed by atoms with Crippen LogP contribution >= 0.6 is 0 Å². The fraction of sp³-hybridized carbons (Fsp3) is 0.444. The second kappa shape index (κ2) is 4.87. The summed E-state index contributed by atoms with van der Waals surface area (Å²) in [7, 11) is 0. The first kappa shape index (κ1) is 13.6. The molecule has 0 fully saturated rings. The van der Waals surface area contributed by atoms with Gasteiger partial charge in [-0.3, -0.25) is 4.90 Å². The highest BCUT2D eigenvalue weighted by Crippen LogP contribution is 2.30. The highest BCUT2D eigenvalue weighted by molar-refractivity contribution is 5.89. The van der Waals surface area contributed by atoms with Crippen LogP contribution in [0.2, 0.25) is 0 Å². The standard InChI is InChI=1S/C18H24N2/c1-18(2,3)16(19)12-20-10-14-8-4-6-13-7-5-9-15(11-20)17(13)14/h4-9,16H,10-12,19H2,1-3H3/t16-/m1/s1. The third-order valence-electron chi connectivity index (χ3n) is 4.43. The molecule has 2 aromatic rings. The Hall–Kier alpha value is -1.38. The van der Waals surface area contributed by atoms with Crippen LogP contribution in [0.15, 0.2) is 36.4 Å². The van der Waals surface area contributed by atoms with Crippen molar-refractivity contribution < 1.29 is 0 Å². The van der Waals surface area contributed by atoms with Gasteiger partial charge >= 0.3 is 0 Å². The lowest BCUT2D eigenvalue weighted by molar-refractivity contribution is 0.184. The van der Waals surface area contributed by atoms with Gasteiger partial charge < -0.3 is 5.73 Å². The molecule has 2 nitrogen and oxygen atoms in total. The van der Waals surface area contributed by atoms with E-state index in [-0.39, 0.29) is 11.5 Å². The summed E-state index contributed by atoms with van der Waals surface area (Å²) in [6.07, 6.45) is 0. The predicted molar refractivity (Wildman–Crippen MR) is 85.5 cm³/mol. The number of hydrogen-bond donors (Lipinski definition) is 1. The van der Waals surface area contributed by atoms with Gasteiger partial charge in [0.1, 0.15) is 0 Å². The molecule has 0 radical (unpaired) electrons. The molecule has 0 saturated carbocycles. The van der Waals surface area contributed by atoms with Crippen LogP contribution in [0.3, 0.4) is 0 Å². The molecule has 0 bridgehead atoms. The predicted octanol–water partition coefficient (Wildman–Crippen LogP) is 3.53. The Labute approximate surface area is 121 Å². The zero-order valence-electron chi connectivity index (χ0n) is 12.7. The van der Waals surface area contributed by atoms with E-state index in [4.69, 9.17) is 5.73 Å². The lowest BCUT2D eigenvalue weighted by Gasteiger charge is -2.35. The van der Waals surface area contributed by atoms with E-state index >= 15 is 0 Å².